The molecule has 3 heteroatoms. The number of hydrogen-bond acceptors (Lipinski definition) is 2. The van der Waals surface area contributed by atoms with Crippen LogP contribution in [0.1, 0.15) is 73.6 Å². The van der Waals surface area contributed by atoms with Gasteiger partial charge in [0.1, 0.15) is 0 Å². The van der Waals surface area contributed by atoms with E-state index < -0.39 is 0 Å². The molecule has 0 unspecified atom stereocenters. The lowest BCUT2D eigenvalue weighted by molar-refractivity contribution is 0.592. The first-order valence-electron chi connectivity index (χ1n) is 23.5. The lowest BCUT2D eigenvalue weighted by Crippen LogP contribution is -2.17. The molecule has 0 atom stereocenters. The lowest BCUT2D eigenvalue weighted by Gasteiger charge is -2.28. The Bertz CT molecular complexity index is 3620. The summed E-state index contributed by atoms with van der Waals surface area (Å²) in [6.07, 6.45) is 0. The highest BCUT2D eigenvalue weighted by Gasteiger charge is 2.38. The van der Waals surface area contributed by atoms with E-state index in [0.717, 1.165) is 28.4 Å². The van der Waals surface area contributed by atoms with Crippen LogP contribution in [0.2, 0.25) is 0 Å². The molecule has 12 rings (SSSR count). The first-order chi connectivity index (χ1) is 31.7. The molecule has 1 aliphatic rings. The SMILES string of the molecule is Cc1ccc(N(c2ccc(C)cc2)c2ccc3c(c2)C(C)(C)c2c-3ccc3cc4c(cc23)c2cc(C(C)(C)C)cc3c5ccc(N(c6ccc(C)cc6)c6ccc(C)cc6)cc5n4c32)cc1. The van der Waals surface area contributed by atoms with Crippen molar-refractivity contribution in [3.63, 3.8) is 0 Å². The minimum Gasteiger partial charge on any atom is -0.310 e. The van der Waals surface area contributed by atoms with Gasteiger partial charge >= 0.3 is 0 Å². The third-order valence-electron chi connectivity index (χ3n) is 14.7. The molecule has 11 aromatic rings. The molecule has 0 spiro atoms. The van der Waals surface area contributed by atoms with Crippen molar-refractivity contribution in [1.82, 2.24) is 4.40 Å². The standard InChI is InChI=1S/C63H55N3/c1-38-10-19-44(20-11-38)64(45-21-12-39(2)13-22-45)48-27-30-50-52-29-18-42-32-58-54(37-53(42)60(52)63(8,9)57(50)35-48)56-34-43(62(5,6)7)33-55-51-31-28-49(36-59(51)66(58)61(55)56)65(46-23-14-40(3)15-24-46)47-25-16-41(4)17-26-47/h10-37H,1-9H3. The minimum atomic E-state index is -0.242. The highest BCUT2D eigenvalue weighted by Crippen LogP contribution is 2.54. The van der Waals surface area contributed by atoms with Crippen molar-refractivity contribution in [2.75, 3.05) is 9.80 Å². The molecule has 0 saturated heterocycles. The number of rotatable bonds is 6. The van der Waals surface area contributed by atoms with E-state index in [4.69, 9.17) is 0 Å². The van der Waals surface area contributed by atoms with Gasteiger partial charge in [-0.15, -0.1) is 0 Å². The first kappa shape index (κ1) is 40.2. The summed E-state index contributed by atoms with van der Waals surface area (Å²) < 4.78 is 2.57. The van der Waals surface area contributed by atoms with E-state index in [1.165, 1.54) is 105 Å². The van der Waals surface area contributed by atoms with Crippen molar-refractivity contribution in [3.05, 3.63) is 209 Å². The quantitative estimate of drug-likeness (QED) is 0.165. The van der Waals surface area contributed by atoms with Crippen molar-refractivity contribution in [3.8, 4) is 11.1 Å². The van der Waals surface area contributed by atoms with Gasteiger partial charge in [-0.3, -0.25) is 0 Å². The second-order valence-electron chi connectivity index (χ2n) is 20.7. The van der Waals surface area contributed by atoms with Gasteiger partial charge in [-0.1, -0.05) is 130 Å². The molecule has 1 aliphatic carbocycles. The van der Waals surface area contributed by atoms with Crippen molar-refractivity contribution >= 4 is 83.0 Å². The summed E-state index contributed by atoms with van der Waals surface area (Å²) in [4.78, 5) is 4.80. The van der Waals surface area contributed by atoms with Gasteiger partial charge in [0.05, 0.1) is 16.6 Å². The number of benzene rings is 9. The number of hydrogen-bond donors (Lipinski definition) is 0. The van der Waals surface area contributed by atoms with Gasteiger partial charge in [-0.25, -0.2) is 0 Å². The van der Waals surface area contributed by atoms with E-state index in [9.17, 15) is 0 Å². The van der Waals surface area contributed by atoms with E-state index in [2.05, 4.69) is 246 Å². The van der Waals surface area contributed by atoms with E-state index in [0.29, 0.717) is 0 Å². The molecule has 2 aromatic heterocycles. The maximum atomic E-state index is 2.57. The Balaban J connectivity index is 1.07. The summed E-state index contributed by atoms with van der Waals surface area (Å²) in [5.74, 6) is 0. The Morgan fingerprint density at radius 1 is 0.394 bits per heavy atom. The van der Waals surface area contributed by atoms with Crippen LogP contribution in [0.25, 0.3) is 60.0 Å². The van der Waals surface area contributed by atoms with Gasteiger partial charge in [0.25, 0.3) is 0 Å². The third-order valence-corrected chi connectivity index (χ3v) is 14.7. The van der Waals surface area contributed by atoms with Crippen molar-refractivity contribution in [2.24, 2.45) is 0 Å². The largest absolute Gasteiger partial charge is 0.310 e. The van der Waals surface area contributed by atoms with Crippen LogP contribution in [0.3, 0.4) is 0 Å². The number of aromatic nitrogens is 1. The molecule has 3 nitrogen and oxygen atoms in total. The molecule has 0 radical (unpaired) electrons. The average molecular weight is 854 g/mol. The highest BCUT2D eigenvalue weighted by atomic mass is 15.1. The minimum absolute atomic E-state index is 0.0278. The molecule has 0 fully saturated rings. The molecule has 322 valence electrons. The summed E-state index contributed by atoms with van der Waals surface area (Å²) in [7, 11) is 0. The number of fused-ring (bicyclic) bond motifs is 11. The number of aryl methyl sites for hydroxylation is 4. The molecule has 0 N–H and O–H groups in total. The molecule has 66 heavy (non-hydrogen) atoms. The summed E-state index contributed by atoms with van der Waals surface area (Å²) in [5, 5.41) is 7.82. The molecular formula is C63H55N3. The van der Waals surface area contributed by atoms with Crippen LogP contribution in [-0.4, -0.2) is 4.40 Å². The van der Waals surface area contributed by atoms with Gasteiger partial charge in [0.2, 0.25) is 0 Å². The van der Waals surface area contributed by atoms with E-state index >= 15 is 0 Å². The van der Waals surface area contributed by atoms with Crippen molar-refractivity contribution in [1.29, 1.82) is 0 Å². The molecule has 2 heterocycles. The maximum absolute atomic E-state index is 2.57. The van der Waals surface area contributed by atoms with Gasteiger partial charge in [0, 0.05) is 61.1 Å². The summed E-state index contributed by atoms with van der Waals surface area (Å²) in [6.45, 7) is 20.5. The first-order valence-corrected chi connectivity index (χ1v) is 23.5. The predicted octanol–water partition coefficient (Wildman–Crippen LogP) is 17.8. The molecular weight excluding hydrogens is 799 g/mol. The van der Waals surface area contributed by atoms with Crippen molar-refractivity contribution < 1.29 is 0 Å². The van der Waals surface area contributed by atoms with Crippen LogP contribution in [0.4, 0.5) is 34.1 Å². The van der Waals surface area contributed by atoms with Crippen LogP contribution >= 0.6 is 0 Å². The highest BCUT2D eigenvalue weighted by molar-refractivity contribution is 6.25. The maximum Gasteiger partial charge on any atom is 0.0620 e. The fraction of sp³-hybridized carbons (Fsp3) is 0.175. The van der Waals surface area contributed by atoms with Crippen LogP contribution in [0.5, 0.6) is 0 Å². The zero-order valence-electron chi connectivity index (χ0n) is 39.5. The Morgan fingerprint density at radius 2 is 0.833 bits per heavy atom. The average Bonchev–Trinajstić information content (AvgIpc) is 3.89. The van der Waals surface area contributed by atoms with Gasteiger partial charge in [0.15, 0.2) is 0 Å². The topological polar surface area (TPSA) is 10.9 Å². The van der Waals surface area contributed by atoms with E-state index in [1.807, 2.05) is 0 Å². The van der Waals surface area contributed by atoms with Gasteiger partial charge in [-0.2, -0.15) is 0 Å². The Kier molecular flexibility index (Phi) is 8.72. The summed E-state index contributed by atoms with van der Waals surface area (Å²) in [6, 6.07) is 64.6. The summed E-state index contributed by atoms with van der Waals surface area (Å²) >= 11 is 0. The van der Waals surface area contributed by atoms with Crippen LogP contribution < -0.4 is 9.80 Å². The summed E-state index contributed by atoms with van der Waals surface area (Å²) in [5.41, 5.74) is 22.2. The van der Waals surface area contributed by atoms with Crippen LogP contribution in [0, 0.1) is 27.7 Å². The Labute approximate surface area is 388 Å². The Hall–Kier alpha value is -7.36. The normalized spacial score (nSPS) is 13.3. The second kappa shape index (κ2) is 14.3. The fourth-order valence-electron chi connectivity index (χ4n) is 11.0. The predicted molar refractivity (Wildman–Crippen MR) is 283 cm³/mol. The third kappa shape index (κ3) is 6.09. The fourth-order valence-corrected chi connectivity index (χ4v) is 11.0. The molecule has 0 saturated carbocycles. The molecule has 0 aliphatic heterocycles. The van der Waals surface area contributed by atoms with Gasteiger partial charge in [-0.05, 0) is 169 Å². The van der Waals surface area contributed by atoms with Crippen molar-refractivity contribution in [2.45, 2.75) is 73.1 Å². The van der Waals surface area contributed by atoms with E-state index in [-0.39, 0.29) is 10.8 Å². The monoisotopic (exact) mass is 853 g/mol. The molecule has 0 amide bonds. The van der Waals surface area contributed by atoms with Crippen LogP contribution in [0.15, 0.2) is 170 Å². The smallest absolute Gasteiger partial charge is 0.0620 e. The zero-order chi connectivity index (χ0) is 45.4. The molecule has 0 bridgehead atoms. The number of anilines is 6. The zero-order valence-corrected chi connectivity index (χ0v) is 39.5. The van der Waals surface area contributed by atoms with Gasteiger partial charge < -0.3 is 14.2 Å². The van der Waals surface area contributed by atoms with E-state index in [1.54, 1.807) is 0 Å². The molecule has 9 aromatic carbocycles. The number of nitrogens with zero attached hydrogens (tertiary/aromatic N) is 3. The Morgan fingerprint density at radius 3 is 1.35 bits per heavy atom. The second-order valence-corrected chi connectivity index (χ2v) is 20.7. The van der Waals surface area contributed by atoms with Crippen LogP contribution in [-0.2, 0) is 10.8 Å². The lowest BCUT2D eigenvalue weighted by atomic mass is 9.79.